The van der Waals surface area contributed by atoms with Crippen molar-refractivity contribution in [3.8, 4) is 0 Å². The second-order valence-electron chi connectivity index (χ2n) is 12.8. The minimum absolute atomic E-state index is 0.0262. The van der Waals surface area contributed by atoms with E-state index in [2.05, 4.69) is 66.8 Å². The summed E-state index contributed by atoms with van der Waals surface area (Å²) in [6, 6.07) is 9.38. The van der Waals surface area contributed by atoms with E-state index in [0.29, 0.717) is 11.1 Å². The van der Waals surface area contributed by atoms with E-state index in [1.165, 1.54) is 22.3 Å². The molecule has 0 radical (unpaired) electrons. The SMILES string of the molecule is CC1(C)CCC(C)(C)c2c1cc1c(c2NC(=O)c2ccc(C=O)cc2)C(C)(C)CCC1(C)C. The first-order valence-corrected chi connectivity index (χ1v) is 12.3. The molecule has 2 aliphatic rings. The number of hydrogen-bond donors (Lipinski definition) is 1. The van der Waals surface area contributed by atoms with Gasteiger partial charge in [-0.25, -0.2) is 0 Å². The highest BCUT2D eigenvalue weighted by atomic mass is 16.1. The summed E-state index contributed by atoms with van der Waals surface area (Å²) < 4.78 is 0. The van der Waals surface area contributed by atoms with E-state index in [9.17, 15) is 9.59 Å². The van der Waals surface area contributed by atoms with Crippen molar-refractivity contribution in [2.75, 3.05) is 5.32 Å². The maximum atomic E-state index is 13.5. The molecule has 0 unspecified atom stereocenters. The molecule has 2 aliphatic carbocycles. The van der Waals surface area contributed by atoms with Crippen LogP contribution in [-0.4, -0.2) is 12.2 Å². The van der Waals surface area contributed by atoms with Crippen LogP contribution in [-0.2, 0) is 21.7 Å². The van der Waals surface area contributed by atoms with Crippen molar-refractivity contribution in [3.05, 3.63) is 63.7 Å². The molecule has 2 aromatic carbocycles. The zero-order chi connectivity index (χ0) is 24.4. The summed E-state index contributed by atoms with van der Waals surface area (Å²) >= 11 is 0. The Morgan fingerprint density at radius 1 is 0.727 bits per heavy atom. The van der Waals surface area contributed by atoms with Gasteiger partial charge in [-0.1, -0.05) is 73.6 Å². The van der Waals surface area contributed by atoms with Crippen LogP contribution in [0.3, 0.4) is 0 Å². The monoisotopic (exact) mass is 445 g/mol. The molecule has 3 nitrogen and oxygen atoms in total. The Hall–Kier alpha value is -2.42. The highest BCUT2D eigenvalue weighted by molar-refractivity contribution is 6.06. The Morgan fingerprint density at radius 3 is 1.58 bits per heavy atom. The van der Waals surface area contributed by atoms with Crippen LogP contribution in [0.4, 0.5) is 5.69 Å². The molecule has 4 rings (SSSR count). The van der Waals surface area contributed by atoms with Gasteiger partial charge in [0.1, 0.15) is 6.29 Å². The first-order valence-electron chi connectivity index (χ1n) is 12.3. The van der Waals surface area contributed by atoms with Crippen molar-refractivity contribution in [2.24, 2.45) is 0 Å². The van der Waals surface area contributed by atoms with Crippen molar-refractivity contribution >= 4 is 17.9 Å². The number of aldehydes is 1. The highest BCUT2D eigenvalue weighted by Gasteiger charge is 2.46. The second-order valence-corrected chi connectivity index (χ2v) is 12.8. The molecule has 0 heterocycles. The standard InChI is InChI=1S/C30H39NO2/c1-27(2)13-15-29(5,6)23-21(27)17-22-24(30(7,8)16-14-28(22,3)4)25(23)31-26(33)20-11-9-19(18-32)10-12-20/h9-12,17-18H,13-16H2,1-8H3,(H,31,33). The van der Waals surface area contributed by atoms with Crippen molar-refractivity contribution in [2.45, 2.75) is 103 Å². The molecular weight excluding hydrogens is 406 g/mol. The molecule has 0 aliphatic heterocycles. The van der Waals surface area contributed by atoms with Crippen LogP contribution in [0.25, 0.3) is 0 Å². The van der Waals surface area contributed by atoms with Gasteiger partial charge in [-0.2, -0.15) is 0 Å². The normalized spacial score (nSPS) is 21.5. The topological polar surface area (TPSA) is 46.2 Å². The Balaban J connectivity index is 1.99. The summed E-state index contributed by atoms with van der Waals surface area (Å²) in [5.41, 5.74) is 7.63. The predicted octanol–water partition coefficient (Wildman–Crippen LogP) is 7.45. The van der Waals surface area contributed by atoms with Crippen molar-refractivity contribution < 1.29 is 9.59 Å². The first kappa shape index (κ1) is 23.7. The lowest BCUT2D eigenvalue weighted by Gasteiger charge is -2.49. The van der Waals surface area contributed by atoms with Crippen molar-refractivity contribution in [3.63, 3.8) is 0 Å². The van der Waals surface area contributed by atoms with Gasteiger partial charge in [0.2, 0.25) is 0 Å². The lowest BCUT2D eigenvalue weighted by Crippen LogP contribution is -2.41. The first-order chi connectivity index (χ1) is 15.2. The van der Waals surface area contributed by atoms with E-state index in [-0.39, 0.29) is 27.6 Å². The zero-order valence-electron chi connectivity index (χ0n) is 21.6. The molecule has 3 heteroatoms. The van der Waals surface area contributed by atoms with E-state index in [4.69, 9.17) is 0 Å². The number of fused-ring (bicyclic) bond motifs is 2. The predicted molar refractivity (Wildman–Crippen MR) is 137 cm³/mol. The summed E-state index contributed by atoms with van der Waals surface area (Å²) in [5.74, 6) is -0.110. The summed E-state index contributed by atoms with van der Waals surface area (Å²) in [6.45, 7) is 18.7. The van der Waals surface area contributed by atoms with E-state index < -0.39 is 0 Å². The van der Waals surface area contributed by atoms with Crippen molar-refractivity contribution in [1.82, 2.24) is 0 Å². The Kier molecular flexibility index (Phi) is 5.43. The molecule has 176 valence electrons. The lowest BCUT2D eigenvalue weighted by atomic mass is 9.56. The minimum atomic E-state index is -0.110. The number of amides is 1. The van der Waals surface area contributed by atoms with Gasteiger partial charge < -0.3 is 5.32 Å². The van der Waals surface area contributed by atoms with Crippen LogP contribution < -0.4 is 5.32 Å². The van der Waals surface area contributed by atoms with Gasteiger partial charge in [0.05, 0.1) is 0 Å². The van der Waals surface area contributed by atoms with E-state index in [1.54, 1.807) is 24.3 Å². The number of nitrogens with one attached hydrogen (secondary N) is 1. The van der Waals surface area contributed by atoms with Crippen LogP contribution in [0.1, 0.15) is 124 Å². The van der Waals surface area contributed by atoms with Crippen LogP contribution in [0.2, 0.25) is 0 Å². The number of rotatable bonds is 3. The Labute approximate surface area is 199 Å². The third kappa shape index (κ3) is 3.94. The summed E-state index contributed by atoms with van der Waals surface area (Å²) in [5, 5.41) is 3.41. The summed E-state index contributed by atoms with van der Waals surface area (Å²) in [7, 11) is 0. The maximum absolute atomic E-state index is 13.5. The van der Waals surface area contributed by atoms with Crippen LogP contribution in [0.5, 0.6) is 0 Å². The van der Waals surface area contributed by atoms with E-state index in [0.717, 1.165) is 37.7 Å². The average molecular weight is 446 g/mol. The van der Waals surface area contributed by atoms with Gasteiger partial charge in [0.15, 0.2) is 0 Å². The molecule has 1 amide bonds. The number of carbonyl (C=O) groups is 2. The fourth-order valence-electron chi connectivity index (χ4n) is 5.95. The smallest absolute Gasteiger partial charge is 0.255 e. The number of hydrogen-bond acceptors (Lipinski definition) is 2. The minimum Gasteiger partial charge on any atom is -0.321 e. The molecule has 0 fully saturated rings. The van der Waals surface area contributed by atoms with Gasteiger partial charge in [-0.05, 0) is 81.7 Å². The third-order valence-corrected chi connectivity index (χ3v) is 8.44. The highest BCUT2D eigenvalue weighted by Crippen LogP contribution is 2.56. The van der Waals surface area contributed by atoms with Crippen LogP contribution in [0, 0.1) is 0 Å². The number of benzene rings is 2. The lowest BCUT2D eigenvalue weighted by molar-refractivity contribution is 0.102. The van der Waals surface area contributed by atoms with Gasteiger partial charge >= 0.3 is 0 Å². The van der Waals surface area contributed by atoms with Gasteiger partial charge in [0.25, 0.3) is 5.91 Å². The summed E-state index contributed by atoms with van der Waals surface area (Å²) in [6.07, 6.45) is 5.26. The number of anilines is 1. The molecule has 0 saturated heterocycles. The van der Waals surface area contributed by atoms with Crippen LogP contribution in [0.15, 0.2) is 30.3 Å². The fraction of sp³-hybridized carbons (Fsp3) is 0.533. The maximum Gasteiger partial charge on any atom is 0.255 e. The largest absolute Gasteiger partial charge is 0.321 e. The molecule has 33 heavy (non-hydrogen) atoms. The van der Waals surface area contributed by atoms with Gasteiger partial charge in [-0.15, -0.1) is 0 Å². The summed E-state index contributed by atoms with van der Waals surface area (Å²) in [4.78, 5) is 24.6. The molecular formula is C30H39NO2. The van der Waals surface area contributed by atoms with Gasteiger partial charge in [-0.3, -0.25) is 9.59 Å². The van der Waals surface area contributed by atoms with E-state index in [1.807, 2.05) is 0 Å². The number of carbonyl (C=O) groups excluding carboxylic acids is 2. The van der Waals surface area contributed by atoms with Crippen LogP contribution >= 0.6 is 0 Å². The molecule has 0 spiro atoms. The molecule has 0 bridgehead atoms. The average Bonchev–Trinajstić information content (AvgIpc) is 2.74. The molecule has 0 aromatic heterocycles. The molecule has 0 atom stereocenters. The Morgan fingerprint density at radius 2 is 1.15 bits per heavy atom. The molecule has 1 N–H and O–H groups in total. The third-order valence-electron chi connectivity index (χ3n) is 8.44. The van der Waals surface area contributed by atoms with Crippen molar-refractivity contribution in [1.29, 1.82) is 0 Å². The molecule has 2 aromatic rings. The van der Waals surface area contributed by atoms with Gasteiger partial charge in [0, 0.05) is 16.8 Å². The zero-order valence-corrected chi connectivity index (χ0v) is 21.6. The second kappa shape index (κ2) is 7.55. The Bertz CT molecular complexity index is 1060. The quantitative estimate of drug-likeness (QED) is 0.499. The van der Waals surface area contributed by atoms with E-state index >= 15 is 0 Å². The molecule has 0 saturated carbocycles. The fourth-order valence-corrected chi connectivity index (χ4v) is 5.95.